The molecule has 0 bridgehead atoms. The molecule has 5 heteroatoms. The number of hydrogen-bond acceptors (Lipinski definition) is 3. The van der Waals surface area contributed by atoms with Crippen LogP contribution in [0.3, 0.4) is 0 Å². The van der Waals surface area contributed by atoms with Gasteiger partial charge in [0, 0.05) is 19.2 Å². The van der Waals surface area contributed by atoms with Crippen molar-refractivity contribution in [2.24, 2.45) is 0 Å². The summed E-state index contributed by atoms with van der Waals surface area (Å²) in [6.45, 7) is 4.20. The van der Waals surface area contributed by atoms with Crippen LogP contribution < -0.4 is 0 Å². The second-order valence-electron chi connectivity index (χ2n) is 4.37. The maximum atomic E-state index is 13.2. The molecule has 18 heavy (non-hydrogen) atoms. The van der Waals surface area contributed by atoms with Crippen LogP contribution in [0.2, 0.25) is 0 Å². The Hall–Kier alpha value is -1.46. The van der Waals surface area contributed by atoms with Crippen molar-refractivity contribution in [3.63, 3.8) is 0 Å². The van der Waals surface area contributed by atoms with Gasteiger partial charge in [-0.05, 0) is 26.1 Å². The molecule has 0 aliphatic rings. The van der Waals surface area contributed by atoms with E-state index in [4.69, 9.17) is 5.11 Å². The van der Waals surface area contributed by atoms with Crippen molar-refractivity contribution in [1.82, 2.24) is 14.5 Å². The van der Waals surface area contributed by atoms with Crippen LogP contribution in [0.1, 0.15) is 12.7 Å². The van der Waals surface area contributed by atoms with Crippen molar-refractivity contribution in [3.05, 3.63) is 29.8 Å². The fourth-order valence-corrected chi connectivity index (χ4v) is 2.12. The van der Waals surface area contributed by atoms with Crippen LogP contribution in [0.4, 0.5) is 4.39 Å². The Morgan fingerprint density at radius 1 is 1.44 bits per heavy atom. The van der Waals surface area contributed by atoms with Gasteiger partial charge in [-0.25, -0.2) is 9.37 Å². The zero-order chi connectivity index (χ0) is 13.1. The summed E-state index contributed by atoms with van der Waals surface area (Å²) in [6.07, 6.45) is 0. The second kappa shape index (κ2) is 5.46. The Kier molecular flexibility index (Phi) is 3.93. The third-order valence-electron chi connectivity index (χ3n) is 3.00. The zero-order valence-corrected chi connectivity index (χ0v) is 10.7. The number of likely N-dealkylation sites (N-methyl/N-ethyl adjacent to an activating group) is 1. The van der Waals surface area contributed by atoms with Crippen LogP contribution in [0.25, 0.3) is 11.0 Å². The summed E-state index contributed by atoms with van der Waals surface area (Å²) in [5, 5.41) is 8.90. The highest BCUT2D eigenvalue weighted by Crippen LogP contribution is 2.18. The summed E-state index contributed by atoms with van der Waals surface area (Å²) in [5.74, 6) is 0.632. The van der Waals surface area contributed by atoms with E-state index in [-0.39, 0.29) is 12.4 Å². The van der Waals surface area contributed by atoms with Crippen molar-refractivity contribution in [2.75, 3.05) is 20.2 Å². The number of aliphatic hydroxyl groups is 1. The molecule has 0 saturated carbocycles. The first-order chi connectivity index (χ1) is 8.65. The molecular formula is C13H18FN3O. The fourth-order valence-electron chi connectivity index (χ4n) is 2.12. The normalized spacial score (nSPS) is 11.6. The van der Waals surface area contributed by atoms with Gasteiger partial charge >= 0.3 is 0 Å². The van der Waals surface area contributed by atoms with Gasteiger partial charge in [0.2, 0.25) is 0 Å². The maximum absolute atomic E-state index is 13.2. The number of rotatable bonds is 5. The molecule has 1 N–H and O–H groups in total. The van der Waals surface area contributed by atoms with Gasteiger partial charge in [0.05, 0.1) is 24.2 Å². The van der Waals surface area contributed by atoms with E-state index in [9.17, 15) is 4.39 Å². The monoisotopic (exact) mass is 251 g/mol. The molecule has 0 saturated heterocycles. The van der Waals surface area contributed by atoms with E-state index in [1.807, 2.05) is 18.9 Å². The first-order valence-corrected chi connectivity index (χ1v) is 6.09. The lowest BCUT2D eigenvalue weighted by Gasteiger charge is -2.15. The molecule has 0 unspecified atom stereocenters. The van der Waals surface area contributed by atoms with Gasteiger partial charge < -0.3 is 9.67 Å². The summed E-state index contributed by atoms with van der Waals surface area (Å²) in [4.78, 5) is 6.46. The van der Waals surface area contributed by atoms with Gasteiger partial charge in [-0.3, -0.25) is 4.90 Å². The molecular weight excluding hydrogens is 233 g/mol. The van der Waals surface area contributed by atoms with E-state index in [1.54, 1.807) is 6.07 Å². The molecule has 1 aromatic carbocycles. The Labute approximate surface area is 106 Å². The van der Waals surface area contributed by atoms with E-state index in [0.717, 1.165) is 17.9 Å². The number of aryl methyl sites for hydroxylation is 1. The van der Waals surface area contributed by atoms with E-state index in [0.29, 0.717) is 18.6 Å². The van der Waals surface area contributed by atoms with Gasteiger partial charge in [0.1, 0.15) is 11.6 Å². The molecule has 0 aliphatic heterocycles. The number of aliphatic hydroxyl groups excluding tert-OH is 1. The minimum Gasteiger partial charge on any atom is -0.395 e. The van der Waals surface area contributed by atoms with Crippen LogP contribution in [-0.2, 0) is 13.1 Å². The van der Waals surface area contributed by atoms with Crippen LogP contribution in [-0.4, -0.2) is 39.8 Å². The van der Waals surface area contributed by atoms with Crippen molar-refractivity contribution in [3.8, 4) is 0 Å². The molecule has 0 amide bonds. The van der Waals surface area contributed by atoms with Crippen LogP contribution >= 0.6 is 0 Å². The Morgan fingerprint density at radius 2 is 2.22 bits per heavy atom. The predicted octanol–water partition coefficient (Wildman–Crippen LogP) is 1.62. The van der Waals surface area contributed by atoms with Crippen molar-refractivity contribution < 1.29 is 9.50 Å². The molecule has 4 nitrogen and oxygen atoms in total. The predicted molar refractivity (Wildman–Crippen MR) is 68.8 cm³/mol. The lowest BCUT2D eigenvalue weighted by Crippen LogP contribution is -2.23. The first kappa shape index (κ1) is 13.0. The molecule has 2 aromatic rings. The molecule has 1 aromatic heterocycles. The van der Waals surface area contributed by atoms with E-state index in [2.05, 4.69) is 9.55 Å². The first-order valence-electron chi connectivity index (χ1n) is 6.09. The van der Waals surface area contributed by atoms with E-state index in [1.165, 1.54) is 12.1 Å². The molecule has 0 fully saturated rings. The lowest BCUT2D eigenvalue weighted by atomic mass is 10.3. The molecule has 0 radical (unpaired) electrons. The minimum atomic E-state index is -0.265. The van der Waals surface area contributed by atoms with Crippen molar-refractivity contribution in [2.45, 2.75) is 20.0 Å². The van der Waals surface area contributed by atoms with Gasteiger partial charge in [0.15, 0.2) is 0 Å². The minimum absolute atomic E-state index is 0.123. The summed E-state index contributed by atoms with van der Waals surface area (Å²) in [6, 6.07) is 4.67. The maximum Gasteiger partial charge on any atom is 0.125 e. The standard InChI is InChI=1S/C13H18FN3O/c1-3-17-12-5-4-10(14)8-11(12)15-13(17)9-16(2)6-7-18/h4-5,8,18H,3,6-7,9H2,1-2H3. The molecule has 0 spiro atoms. The van der Waals surface area contributed by atoms with Crippen LogP contribution in [0.15, 0.2) is 18.2 Å². The van der Waals surface area contributed by atoms with E-state index >= 15 is 0 Å². The number of hydrogen-bond donors (Lipinski definition) is 1. The third kappa shape index (κ3) is 2.52. The zero-order valence-electron chi connectivity index (χ0n) is 10.7. The number of fused-ring (bicyclic) bond motifs is 1. The highest BCUT2D eigenvalue weighted by atomic mass is 19.1. The fraction of sp³-hybridized carbons (Fsp3) is 0.462. The number of nitrogens with zero attached hydrogens (tertiary/aromatic N) is 3. The van der Waals surface area contributed by atoms with Gasteiger partial charge in [-0.2, -0.15) is 0 Å². The number of benzene rings is 1. The molecule has 1 heterocycles. The highest BCUT2D eigenvalue weighted by Gasteiger charge is 2.11. The molecule has 0 aliphatic carbocycles. The largest absolute Gasteiger partial charge is 0.395 e. The van der Waals surface area contributed by atoms with Gasteiger partial charge in [0.25, 0.3) is 0 Å². The van der Waals surface area contributed by atoms with E-state index < -0.39 is 0 Å². The van der Waals surface area contributed by atoms with Crippen LogP contribution in [0.5, 0.6) is 0 Å². The highest BCUT2D eigenvalue weighted by molar-refractivity contribution is 5.76. The number of halogens is 1. The second-order valence-corrected chi connectivity index (χ2v) is 4.37. The topological polar surface area (TPSA) is 41.3 Å². The quantitative estimate of drug-likeness (QED) is 0.878. The van der Waals surface area contributed by atoms with Crippen LogP contribution in [0, 0.1) is 5.82 Å². The van der Waals surface area contributed by atoms with Gasteiger partial charge in [-0.15, -0.1) is 0 Å². The third-order valence-corrected chi connectivity index (χ3v) is 3.00. The Balaban J connectivity index is 2.37. The number of imidazole rings is 1. The lowest BCUT2D eigenvalue weighted by molar-refractivity contribution is 0.213. The molecule has 98 valence electrons. The smallest absolute Gasteiger partial charge is 0.125 e. The average Bonchev–Trinajstić information content (AvgIpc) is 2.65. The van der Waals surface area contributed by atoms with Crippen molar-refractivity contribution in [1.29, 1.82) is 0 Å². The summed E-state index contributed by atoms with van der Waals surface area (Å²) < 4.78 is 15.2. The number of aromatic nitrogens is 2. The summed E-state index contributed by atoms with van der Waals surface area (Å²) >= 11 is 0. The van der Waals surface area contributed by atoms with Gasteiger partial charge in [-0.1, -0.05) is 0 Å². The Morgan fingerprint density at radius 3 is 2.89 bits per heavy atom. The summed E-state index contributed by atoms with van der Waals surface area (Å²) in [5.41, 5.74) is 1.63. The summed E-state index contributed by atoms with van der Waals surface area (Å²) in [7, 11) is 1.93. The SMILES string of the molecule is CCn1c(CN(C)CCO)nc2cc(F)ccc21. The molecule has 0 atom stereocenters. The van der Waals surface area contributed by atoms with Crippen molar-refractivity contribution >= 4 is 11.0 Å². The molecule has 2 rings (SSSR count). The average molecular weight is 251 g/mol. The Bertz CT molecular complexity index is 538.